The lowest BCUT2D eigenvalue weighted by Gasteiger charge is -2.26. The molecule has 0 heterocycles. The summed E-state index contributed by atoms with van der Waals surface area (Å²) >= 11 is 0. The quantitative estimate of drug-likeness (QED) is 0.158. The van der Waals surface area contributed by atoms with E-state index in [2.05, 4.69) is 0 Å². The largest absolute Gasteiger partial charge is 0.493 e. The molecule has 0 aliphatic carbocycles. The number of carbonyl (C=O) groups is 3. The van der Waals surface area contributed by atoms with E-state index in [0.717, 1.165) is 0 Å². The number of hydrogen-bond donors (Lipinski definition) is 1. The number of ether oxygens (including phenoxy) is 8. The van der Waals surface area contributed by atoms with Gasteiger partial charge in [0.05, 0.1) is 28.4 Å². The Hall–Kier alpha value is -5.23. The van der Waals surface area contributed by atoms with Crippen molar-refractivity contribution in [3.8, 4) is 40.2 Å². The zero-order valence-corrected chi connectivity index (χ0v) is 25.2. The molecule has 12 nitrogen and oxygen atoms in total. The normalized spacial score (nSPS) is 12.1. The van der Waals surface area contributed by atoms with Crippen molar-refractivity contribution < 1.29 is 57.4 Å². The number of benzene rings is 3. The van der Waals surface area contributed by atoms with Crippen LogP contribution in [-0.2, 0) is 19.1 Å². The van der Waals surface area contributed by atoms with E-state index in [4.69, 9.17) is 37.9 Å². The molecule has 0 radical (unpaired) electrons. The molecule has 0 saturated carbocycles. The predicted molar refractivity (Wildman–Crippen MR) is 158 cm³/mol. The molecule has 0 amide bonds. The van der Waals surface area contributed by atoms with Crippen molar-refractivity contribution in [3.63, 3.8) is 0 Å². The summed E-state index contributed by atoms with van der Waals surface area (Å²) in [6.07, 6.45) is 0.0891. The minimum absolute atomic E-state index is 0.0276. The van der Waals surface area contributed by atoms with Crippen LogP contribution in [0.5, 0.6) is 40.2 Å². The van der Waals surface area contributed by atoms with Crippen LogP contribution in [0.4, 0.5) is 0 Å². The monoisotopic (exact) mass is 610 g/mol. The van der Waals surface area contributed by atoms with Crippen molar-refractivity contribution in [2.45, 2.75) is 26.1 Å². The molecule has 234 valence electrons. The highest BCUT2D eigenvalue weighted by molar-refractivity contribution is 5.87. The smallest absolute Gasteiger partial charge is 0.330 e. The van der Waals surface area contributed by atoms with Crippen LogP contribution in [0.15, 0.2) is 60.7 Å². The highest BCUT2D eigenvalue weighted by atomic mass is 16.6. The Bertz CT molecular complexity index is 1430. The van der Waals surface area contributed by atoms with Crippen LogP contribution in [0.3, 0.4) is 0 Å². The topological polar surface area (TPSA) is 145 Å². The average molecular weight is 611 g/mol. The second-order valence-corrected chi connectivity index (χ2v) is 9.07. The Morgan fingerprint density at radius 3 is 1.80 bits per heavy atom. The molecule has 1 N–H and O–H groups in total. The van der Waals surface area contributed by atoms with E-state index in [9.17, 15) is 19.5 Å². The fourth-order valence-corrected chi connectivity index (χ4v) is 3.99. The number of aliphatic hydroxyl groups is 1. The van der Waals surface area contributed by atoms with Crippen LogP contribution in [0.2, 0.25) is 0 Å². The molecule has 44 heavy (non-hydrogen) atoms. The van der Waals surface area contributed by atoms with Gasteiger partial charge in [-0.2, -0.15) is 0 Å². The first-order valence-corrected chi connectivity index (χ1v) is 13.2. The van der Waals surface area contributed by atoms with Crippen LogP contribution in [-0.4, -0.2) is 64.2 Å². The van der Waals surface area contributed by atoms with E-state index in [1.165, 1.54) is 66.6 Å². The van der Waals surface area contributed by atoms with Crippen molar-refractivity contribution in [3.05, 3.63) is 71.8 Å². The maximum Gasteiger partial charge on any atom is 0.330 e. The zero-order valence-electron chi connectivity index (χ0n) is 25.2. The lowest BCUT2D eigenvalue weighted by molar-refractivity contribution is -0.142. The molecule has 0 unspecified atom stereocenters. The van der Waals surface area contributed by atoms with Crippen molar-refractivity contribution in [2.75, 3.05) is 35.0 Å². The number of para-hydroxylation sites is 1. The first kappa shape index (κ1) is 33.3. The lowest BCUT2D eigenvalue weighted by atomic mass is 10.0. The van der Waals surface area contributed by atoms with Crippen molar-refractivity contribution in [2.24, 2.45) is 0 Å². The van der Waals surface area contributed by atoms with Gasteiger partial charge in [0, 0.05) is 19.9 Å². The third-order valence-electron chi connectivity index (χ3n) is 6.02. The fourth-order valence-electron chi connectivity index (χ4n) is 3.99. The summed E-state index contributed by atoms with van der Waals surface area (Å²) in [6, 6.07) is 14.4. The van der Waals surface area contributed by atoms with Gasteiger partial charge in [0.2, 0.25) is 11.5 Å². The third kappa shape index (κ3) is 8.88. The fraction of sp³-hybridized carbons (Fsp3) is 0.281. The van der Waals surface area contributed by atoms with Crippen LogP contribution < -0.4 is 33.2 Å². The van der Waals surface area contributed by atoms with Gasteiger partial charge in [0.15, 0.2) is 29.1 Å². The van der Waals surface area contributed by atoms with Crippen LogP contribution in [0.25, 0.3) is 6.08 Å². The Balaban J connectivity index is 1.90. The van der Waals surface area contributed by atoms with Gasteiger partial charge in [-0.1, -0.05) is 18.2 Å². The van der Waals surface area contributed by atoms with Crippen molar-refractivity contribution in [1.82, 2.24) is 0 Å². The molecular weight excluding hydrogens is 576 g/mol. The van der Waals surface area contributed by atoms with Crippen LogP contribution >= 0.6 is 0 Å². The SMILES string of the molecule is COc1cc([C@H](O)[C@@H](COC(=O)/C=C/c2ccc(OC(C)=O)cc2)Oc2c(OC)cccc2OC)cc(OC)c1OC(C)=O. The number of esters is 3. The van der Waals surface area contributed by atoms with Gasteiger partial charge in [-0.25, -0.2) is 4.79 Å². The zero-order chi connectivity index (χ0) is 32.2. The third-order valence-corrected chi connectivity index (χ3v) is 6.02. The molecule has 0 aliphatic heterocycles. The molecule has 0 aliphatic rings. The van der Waals surface area contributed by atoms with E-state index >= 15 is 0 Å². The van der Waals surface area contributed by atoms with Gasteiger partial charge >= 0.3 is 17.9 Å². The Morgan fingerprint density at radius 2 is 1.30 bits per heavy atom. The summed E-state index contributed by atoms with van der Waals surface area (Å²) < 4.78 is 43.5. The summed E-state index contributed by atoms with van der Waals surface area (Å²) in [5, 5.41) is 11.5. The van der Waals surface area contributed by atoms with Gasteiger partial charge < -0.3 is 43.0 Å². The van der Waals surface area contributed by atoms with E-state index in [1.54, 1.807) is 42.5 Å². The van der Waals surface area contributed by atoms with Crippen molar-refractivity contribution in [1.29, 1.82) is 0 Å². The summed E-state index contributed by atoms with van der Waals surface area (Å²) in [6.45, 7) is 2.12. The van der Waals surface area contributed by atoms with Gasteiger partial charge in [-0.15, -0.1) is 0 Å². The number of hydrogen-bond acceptors (Lipinski definition) is 12. The molecule has 3 aromatic carbocycles. The van der Waals surface area contributed by atoms with Gasteiger partial charge in [-0.3, -0.25) is 9.59 Å². The van der Waals surface area contributed by atoms with Gasteiger partial charge in [0.1, 0.15) is 18.5 Å². The first-order valence-electron chi connectivity index (χ1n) is 13.2. The maximum absolute atomic E-state index is 12.7. The molecule has 0 spiro atoms. The van der Waals surface area contributed by atoms with Crippen LogP contribution in [0.1, 0.15) is 31.1 Å². The molecule has 0 aromatic heterocycles. The van der Waals surface area contributed by atoms with Crippen LogP contribution in [0, 0.1) is 0 Å². The number of methoxy groups -OCH3 is 4. The predicted octanol–water partition coefficient (Wildman–Crippen LogP) is 4.31. The van der Waals surface area contributed by atoms with E-state index in [-0.39, 0.29) is 28.6 Å². The Labute approximate surface area is 254 Å². The van der Waals surface area contributed by atoms with E-state index < -0.39 is 36.7 Å². The maximum atomic E-state index is 12.7. The average Bonchev–Trinajstić information content (AvgIpc) is 3.01. The van der Waals surface area contributed by atoms with E-state index in [1.807, 2.05) is 0 Å². The van der Waals surface area contributed by atoms with Crippen molar-refractivity contribution >= 4 is 24.0 Å². The summed E-state index contributed by atoms with van der Waals surface area (Å²) in [4.78, 5) is 35.4. The number of rotatable bonds is 14. The molecule has 2 atom stereocenters. The minimum atomic E-state index is -1.43. The first-order chi connectivity index (χ1) is 21.1. The standard InChI is InChI=1S/C32H34O12/c1-19(33)42-23-13-10-21(11-14-23)12-15-29(35)41-18-28(44-31-24(37-3)8-7-9-25(31)38-4)30(36)22-16-26(39-5)32(43-20(2)34)27(17-22)40-6/h7-17,28,30,36H,18H2,1-6H3/b15-12+/t28-,30+/m1/s1. The molecule has 0 bridgehead atoms. The second-order valence-electron chi connectivity index (χ2n) is 9.07. The number of carbonyl (C=O) groups excluding carboxylic acids is 3. The minimum Gasteiger partial charge on any atom is -0.493 e. The summed E-state index contributed by atoms with van der Waals surface area (Å²) in [5.74, 6) is -0.358. The molecule has 3 aromatic rings. The number of aliphatic hydroxyl groups excluding tert-OH is 1. The Morgan fingerprint density at radius 1 is 0.750 bits per heavy atom. The lowest BCUT2D eigenvalue weighted by Crippen LogP contribution is -2.32. The Kier molecular flexibility index (Phi) is 12.0. The van der Waals surface area contributed by atoms with Gasteiger partial charge in [0.25, 0.3) is 0 Å². The molecule has 12 heteroatoms. The molecule has 3 rings (SSSR count). The highest BCUT2D eigenvalue weighted by Gasteiger charge is 2.30. The van der Waals surface area contributed by atoms with Gasteiger partial charge in [-0.05, 0) is 53.6 Å². The summed E-state index contributed by atoms with van der Waals surface area (Å²) in [5.41, 5.74) is 0.893. The molecule has 0 saturated heterocycles. The summed E-state index contributed by atoms with van der Waals surface area (Å²) in [7, 11) is 5.62. The molecule has 0 fully saturated rings. The van der Waals surface area contributed by atoms with E-state index in [0.29, 0.717) is 22.8 Å². The molecular formula is C32H34O12. The highest BCUT2D eigenvalue weighted by Crippen LogP contribution is 2.42. The second kappa shape index (κ2) is 15.8.